The number of amides is 1. The van der Waals surface area contributed by atoms with E-state index < -0.39 is 34.1 Å². The van der Waals surface area contributed by atoms with E-state index in [1.54, 1.807) is 41.3 Å². The first-order valence-electron chi connectivity index (χ1n) is 9.95. The number of nitrogens with one attached hydrogen (secondary N) is 2. The van der Waals surface area contributed by atoms with Crippen LogP contribution >= 0.6 is 11.6 Å². The van der Waals surface area contributed by atoms with Crippen LogP contribution in [0.3, 0.4) is 0 Å². The fourth-order valence-corrected chi connectivity index (χ4v) is 4.59. The van der Waals surface area contributed by atoms with Crippen molar-refractivity contribution in [2.24, 2.45) is 5.73 Å². The number of aromatic carboxylic acids is 1. The van der Waals surface area contributed by atoms with Crippen LogP contribution in [0.1, 0.15) is 33.7 Å². The van der Waals surface area contributed by atoms with E-state index >= 15 is 0 Å². The van der Waals surface area contributed by atoms with Crippen LogP contribution in [0.5, 0.6) is 0 Å². The lowest BCUT2D eigenvalue weighted by Gasteiger charge is -2.34. The summed E-state index contributed by atoms with van der Waals surface area (Å²) in [6.07, 6.45) is 1.70. The van der Waals surface area contributed by atoms with Gasteiger partial charge in [0.25, 0.3) is 0 Å². The minimum absolute atomic E-state index is 0.0597. The van der Waals surface area contributed by atoms with Crippen LogP contribution in [0, 0.1) is 0 Å². The lowest BCUT2D eigenvalue weighted by atomic mass is 10.0. The van der Waals surface area contributed by atoms with Gasteiger partial charge < -0.3 is 21.1 Å². The number of benzene rings is 2. The van der Waals surface area contributed by atoms with Gasteiger partial charge in [-0.3, -0.25) is 9.52 Å². The monoisotopic (exact) mass is 501 g/mol. The zero-order valence-corrected chi connectivity index (χ0v) is 19.3. The number of rotatable bonds is 7. The molecular weight excluding hydrogens is 482 g/mol. The molecule has 3 aromatic rings. The molecule has 0 saturated carbocycles. The standard InChI is InChI=1S/C22H20ClN5O5S/c1-34(32,33)27-15-8-4-12(5-9-15)17(19(24)29)28-18-16(22(30)31)10-11-25-20(18)26-21(28)13-2-6-14(23)7-3-13/h2-11,17,21,27H,1H3,(H2,24,29)(H,25,26)(H,30,31). The highest BCUT2D eigenvalue weighted by Crippen LogP contribution is 2.47. The third kappa shape index (κ3) is 4.61. The number of aromatic nitrogens is 1. The van der Waals surface area contributed by atoms with Gasteiger partial charge in [0.05, 0.1) is 17.5 Å². The first-order chi connectivity index (χ1) is 16.0. The number of carbonyl (C=O) groups is 2. The summed E-state index contributed by atoms with van der Waals surface area (Å²) in [5.74, 6) is -1.66. The number of nitrogens with zero attached hydrogens (tertiary/aromatic N) is 2. The van der Waals surface area contributed by atoms with Crippen LogP contribution in [-0.2, 0) is 14.8 Å². The van der Waals surface area contributed by atoms with Crippen molar-refractivity contribution in [3.63, 3.8) is 0 Å². The van der Waals surface area contributed by atoms with Gasteiger partial charge in [-0.2, -0.15) is 0 Å². The van der Waals surface area contributed by atoms with Crippen molar-refractivity contribution in [3.05, 3.63) is 82.5 Å². The number of anilines is 3. The Morgan fingerprint density at radius 1 is 1.15 bits per heavy atom. The smallest absolute Gasteiger partial charge is 0.338 e. The average Bonchev–Trinajstić information content (AvgIpc) is 3.13. The topological polar surface area (TPSA) is 155 Å². The molecule has 0 aliphatic carbocycles. The Morgan fingerprint density at radius 2 is 1.79 bits per heavy atom. The van der Waals surface area contributed by atoms with Crippen LogP contribution < -0.4 is 20.7 Å². The highest BCUT2D eigenvalue weighted by atomic mass is 35.5. The van der Waals surface area contributed by atoms with Gasteiger partial charge in [-0.25, -0.2) is 18.2 Å². The maximum Gasteiger partial charge on any atom is 0.338 e. The highest BCUT2D eigenvalue weighted by Gasteiger charge is 2.41. The largest absolute Gasteiger partial charge is 0.478 e. The fraction of sp³-hybridized carbons (Fsp3) is 0.136. The van der Waals surface area contributed by atoms with Gasteiger partial charge in [0, 0.05) is 16.9 Å². The van der Waals surface area contributed by atoms with Crippen molar-refractivity contribution >= 4 is 50.7 Å². The molecule has 5 N–H and O–H groups in total. The van der Waals surface area contributed by atoms with Crippen molar-refractivity contribution in [1.29, 1.82) is 0 Å². The zero-order valence-electron chi connectivity index (χ0n) is 17.8. The van der Waals surface area contributed by atoms with Gasteiger partial charge in [0.1, 0.15) is 12.2 Å². The molecule has 0 saturated heterocycles. The average molecular weight is 502 g/mol. The van der Waals surface area contributed by atoms with Gasteiger partial charge in [-0.15, -0.1) is 0 Å². The number of carbonyl (C=O) groups excluding carboxylic acids is 1. The third-order valence-corrected chi connectivity index (χ3v) is 6.09. The van der Waals surface area contributed by atoms with E-state index in [9.17, 15) is 23.1 Å². The summed E-state index contributed by atoms with van der Waals surface area (Å²) in [6, 6.07) is 13.2. The van der Waals surface area contributed by atoms with Crippen LogP contribution in [0.15, 0.2) is 60.8 Å². The number of fused-ring (bicyclic) bond motifs is 1. The Balaban J connectivity index is 1.86. The summed E-state index contributed by atoms with van der Waals surface area (Å²) in [4.78, 5) is 30.6. The molecule has 34 heavy (non-hydrogen) atoms. The molecule has 2 aromatic carbocycles. The fourth-order valence-electron chi connectivity index (χ4n) is 3.90. The first-order valence-corrected chi connectivity index (χ1v) is 12.2. The molecule has 2 atom stereocenters. The summed E-state index contributed by atoms with van der Waals surface area (Å²) in [5.41, 5.74) is 7.40. The number of nitrogens with two attached hydrogens (primary N) is 1. The molecule has 0 radical (unpaired) electrons. The van der Waals surface area contributed by atoms with E-state index in [0.717, 1.165) is 6.26 Å². The number of carboxylic acid groups (broad SMARTS) is 1. The Labute approximate surface area is 200 Å². The van der Waals surface area contributed by atoms with Crippen LogP contribution in [-0.4, -0.2) is 36.6 Å². The minimum Gasteiger partial charge on any atom is -0.478 e. The second-order valence-corrected chi connectivity index (χ2v) is 9.85. The maximum atomic E-state index is 12.8. The number of hydrogen-bond donors (Lipinski definition) is 4. The molecule has 10 nitrogen and oxygen atoms in total. The maximum absolute atomic E-state index is 12.8. The molecular formula is C22H20ClN5O5S. The van der Waals surface area contributed by atoms with Crippen LogP contribution in [0.2, 0.25) is 5.02 Å². The summed E-state index contributed by atoms with van der Waals surface area (Å²) < 4.78 is 25.4. The van der Waals surface area contributed by atoms with E-state index in [1.165, 1.54) is 24.4 Å². The number of pyridine rings is 1. The van der Waals surface area contributed by atoms with E-state index in [4.69, 9.17) is 17.3 Å². The highest BCUT2D eigenvalue weighted by molar-refractivity contribution is 7.92. The van der Waals surface area contributed by atoms with E-state index in [1.807, 2.05) is 0 Å². The van der Waals surface area contributed by atoms with Gasteiger partial charge in [-0.1, -0.05) is 35.9 Å². The Morgan fingerprint density at radius 3 is 2.35 bits per heavy atom. The van der Waals surface area contributed by atoms with Crippen molar-refractivity contribution in [2.45, 2.75) is 12.2 Å². The predicted octanol–water partition coefficient (Wildman–Crippen LogP) is 2.96. The molecule has 0 bridgehead atoms. The molecule has 0 spiro atoms. The Bertz CT molecular complexity index is 1360. The number of halogens is 1. The molecule has 0 fully saturated rings. The molecule has 1 aliphatic rings. The molecule has 1 aliphatic heterocycles. The van der Waals surface area contributed by atoms with Gasteiger partial charge in [-0.05, 0) is 41.5 Å². The molecule has 1 aromatic heterocycles. The number of carboxylic acids is 1. The number of hydrogen-bond acceptors (Lipinski definition) is 7. The van der Waals surface area contributed by atoms with Crippen molar-refractivity contribution < 1.29 is 23.1 Å². The van der Waals surface area contributed by atoms with Crippen molar-refractivity contribution in [2.75, 3.05) is 21.2 Å². The zero-order chi connectivity index (χ0) is 24.6. The molecule has 1 amide bonds. The second-order valence-electron chi connectivity index (χ2n) is 7.67. The van der Waals surface area contributed by atoms with E-state index in [-0.39, 0.29) is 17.1 Å². The molecule has 12 heteroatoms. The second kappa shape index (κ2) is 8.84. The molecule has 176 valence electrons. The lowest BCUT2D eigenvalue weighted by molar-refractivity contribution is -0.119. The molecule has 4 rings (SSSR count). The quantitative estimate of drug-likeness (QED) is 0.385. The molecule has 2 unspecified atom stereocenters. The number of sulfonamides is 1. The number of primary amides is 1. The summed E-state index contributed by atoms with van der Waals surface area (Å²) in [6.45, 7) is 0. The predicted molar refractivity (Wildman–Crippen MR) is 128 cm³/mol. The third-order valence-electron chi connectivity index (χ3n) is 5.23. The van der Waals surface area contributed by atoms with Gasteiger partial charge >= 0.3 is 5.97 Å². The normalized spacial score (nSPS) is 15.8. The lowest BCUT2D eigenvalue weighted by Crippen LogP contribution is -2.40. The van der Waals surface area contributed by atoms with E-state index in [0.29, 0.717) is 21.8 Å². The van der Waals surface area contributed by atoms with Crippen LogP contribution in [0.25, 0.3) is 0 Å². The van der Waals surface area contributed by atoms with Crippen LogP contribution in [0.4, 0.5) is 17.2 Å². The van der Waals surface area contributed by atoms with Gasteiger partial charge in [0.15, 0.2) is 5.82 Å². The summed E-state index contributed by atoms with van der Waals surface area (Å²) >= 11 is 6.03. The first kappa shape index (κ1) is 23.3. The summed E-state index contributed by atoms with van der Waals surface area (Å²) in [7, 11) is -3.49. The molecule has 2 heterocycles. The van der Waals surface area contributed by atoms with E-state index in [2.05, 4.69) is 15.0 Å². The van der Waals surface area contributed by atoms with Crippen molar-refractivity contribution in [1.82, 2.24) is 4.98 Å². The summed E-state index contributed by atoms with van der Waals surface area (Å²) in [5, 5.41) is 13.5. The van der Waals surface area contributed by atoms with Gasteiger partial charge in [0.2, 0.25) is 15.9 Å². The van der Waals surface area contributed by atoms with Crippen molar-refractivity contribution in [3.8, 4) is 0 Å². The Hall–Kier alpha value is -3.83. The minimum atomic E-state index is -3.49. The SMILES string of the molecule is CS(=O)(=O)Nc1ccc(C(C(N)=O)N2c3c(C(=O)O)ccnc3NC2c2ccc(Cl)cc2)cc1. The Kier molecular flexibility index (Phi) is 6.07.